The zero-order valence-corrected chi connectivity index (χ0v) is 21.5. The van der Waals surface area contributed by atoms with Crippen molar-refractivity contribution in [3.8, 4) is 17.2 Å². The lowest BCUT2D eigenvalue weighted by Gasteiger charge is -2.37. The van der Waals surface area contributed by atoms with Gasteiger partial charge in [0, 0.05) is 22.4 Å². The van der Waals surface area contributed by atoms with E-state index in [0.717, 1.165) is 31.8 Å². The van der Waals surface area contributed by atoms with E-state index in [2.05, 4.69) is 79.1 Å². The molecule has 1 unspecified atom stereocenters. The van der Waals surface area contributed by atoms with Gasteiger partial charge in [-0.25, -0.2) is 4.79 Å². The molecule has 188 valence electrons. The van der Waals surface area contributed by atoms with Crippen LogP contribution in [0.3, 0.4) is 0 Å². The molecule has 0 aliphatic carbocycles. The van der Waals surface area contributed by atoms with E-state index in [4.69, 9.17) is 20.4 Å². The number of hydrogen-bond acceptors (Lipinski definition) is 7. The van der Waals surface area contributed by atoms with Crippen molar-refractivity contribution >= 4 is 41.5 Å². The molecular weight excluding hydrogens is 488 g/mol. The second-order valence-corrected chi connectivity index (χ2v) is 8.97. The lowest BCUT2D eigenvalue weighted by atomic mass is 10.1. The number of fused-ring (bicyclic) bond motifs is 2. The summed E-state index contributed by atoms with van der Waals surface area (Å²) in [5.41, 5.74) is 2.39. The maximum atomic E-state index is 10.3. The van der Waals surface area contributed by atoms with Gasteiger partial charge in [0.2, 0.25) is 0 Å². The SMILES string of the molecule is CCN(CC)C(C)CN1c2ccccc2Sc2ccccc21.Cl.O=C(O)c1cc(O)c(O)c(O)c1. The smallest absolute Gasteiger partial charge is 0.335 e. The van der Waals surface area contributed by atoms with E-state index < -0.39 is 23.2 Å². The number of carboxylic acids is 1. The van der Waals surface area contributed by atoms with Gasteiger partial charge in [-0.05, 0) is 56.4 Å². The van der Waals surface area contributed by atoms with Crippen molar-refractivity contribution in [2.75, 3.05) is 24.5 Å². The number of nitrogens with zero attached hydrogens (tertiary/aromatic N) is 2. The largest absolute Gasteiger partial charge is 0.504 e. The molecule has 1 aliphatic heterocycles. The molecule has 3 aromatic carbocycles. The van der Waals surface area contributed by atoms with Gasteiger partial charge in [-0.1, -0.05) is 49.9 Å². The fourth-order valence-electron chi connectivity index (χ4n) is 3.93. The van der Waals surface area contributed by atoms with Crippen LogP contribution in [0.5, 0.6) is 17.2 Å². The van der Waals surface area contributed by atoms with E-state index in [-0.39, 0.29) is 18.0 Å². The van der Waals surface area contributed by atoms with Crippen LogP contribution in [0.25, 0.3) is 0 Å². The third kappa shape index (κ3) is 6.54. The number of likely N-dealkylation sites (N-methyl/N-ethyl adjacent to an activating group) is 1. The number of anilines is 2. The quantitative estimate of drug-likeness (QED) is 0.297. The predicted molar refractivity (Wildman–Crippen MR) is 142 cm³/mol. The van der Waals surface area contributed by atoms with Crippen molar-refractivity contribution < 1.29 is 25.2 Å². The summed E-state index contributed by atoms with van der Waals surface area (Å²) in [6.45, 7) is 10.0. The lowest BCUT2D eigenvalue weighted by molar-refractivity contribution is 0.0696. The van der Waals surface area contributed by atoms with Gasteiger partial charge in [-0.2, -0.15) is 0 Å². The molecule has 4 rings (SSSR count). The van der Waals surface area contributed by atoms with Crippen LogP contribution in [-0.4, -0.2) is 57.0 Å². The minimum Gasteiger partial charge on any atom is -0.504 e. The molecule has 1 atom stereocenters. The van der Waals surface area contributed by atoms with E-state index in [1.807, 2.05) is 11.8 Å². The number of aromatic carboxylic acids is 1. The molecule has 0 saturated carbocycles. The topological polar surface area (TPSA) is 104 Å². The summed E-state index contributed by atoms with van der Waals surface area (Å²) in [4.78, 5) is 18.0. The highest BCUT2D eigenvalue weighted by Crippen LogP contribution is 2.47. The van der Waals surface area contributed by atoms with Crippen molar-refractivity contribution in [3.63, 3.8) is 0 Å². The Morgan fingerprint density at radius 2 is 1.37 bits per heavy atom. The molecular formula is C26H31ClN2O5S. The Morgan fingerprint density at radius 3 is 1.80 bits per heavy atom. The molecule has 3 aromatic rings. The number of phenols is 3. The van der Waals surface area contributed by atoms with Crippen molar-refractivity contribution in [2.24, 2.45) is 0 Å². The first-order valence-electron chi connectivity index (χ1n) is 11.1. The van der Waals surface area contributed by atoms with E-state index >= 15 is 0 Å². The molecule has 0 bridgehead atoms. The van der Waals surface area contributed by atoms with E-state index in [9.17, 15) is 4.79 Å². The summed E-state index contributed by atoms with van der Waals surface area (Å²) < 4.78 is 0. The van der Waals surface area contributed by atoms with Crippen LogP contribution in [0.1, 0.15) is 31.1 Å². The fourth-order valence-corrected chi connectivity index (χ4v) is 5.03. The molecule has 1 heterocycles. The van der Waals surface area contributed by atoms with Crippen molar-refractivity contribution in [3.05, 3.63) is 66.2 Å². The average Bonchev–Trinajstić information content (AvgIpc) is 2.83. The number of para-hydroxylation sites is 2. The highest BCUT2D eigenvalue weighted by atomic mass is 35.5. The number of halogens is 1. The van der Waals surface area contributed by atoms with Gasteiger partial charge in [-0.3, -0.25) is 4.90 Å². The summed E-state index contributed by atoms with van der Waals surface area (Å²) >= 11 is 1.88. The fraction of sp³-hybridized carbons (Fsp3) is 0.269. The van der Waals surface area contributed by atoms with E-state index in [1.54, 1.807) is 0 Å². The van der Waals surface area contributed by atoms with Crippen LogP contribution in [0.4, 0.5) is 11.4 Å². The zero-order chi connectivity index (χ0) is 24.8. The van der Waals surface area contributed by atoms with Crippen LogP contribution in [0, 0.1) is 0 Å². The second kappa shape index (κ2) is 12.6. The monoisotopic (exact) mass is 518 g/mol. The standard InChI is InChI=1S/C19H24N2S.C7H6O5.ClH/c1-4-20(5-2)15(3)14-21-16-10-6-8-12-18(16)22-19-13-9-7-11-17(19)21;8-4-1-3(7(11)12)2-5(9)6(4)10;/h6-13,15H,4-5,14H2,1-3H3;1-2,8-10H,(H,11,12);1H. The van der Waals surface area contributed by atoms with Crippen LogP contribution < -0.4 is 4.90 Å². The number of carbonyl (C=O) groups is 1. The molecule has 7 nitrogen and oxygen atoms in total. The van der Waals surface area contributed by atoms with Gasteiger partial charge in [0.25, 0.3) is 0 Å². The summed E-state index contributed by atoms with van der Waals surface area (Å²) in [5.74, 6) is -3.33. The summed E-state index contributed by atoms with van der Waals surface area (Å²) in [6, 6.07) is 19.7. The first kappa shape index (κ1) is 28.2. The molecule has 1 aliphatic rings. The first-order valence-corrected chi connectivity index (χ1v) is 11.9. The van der Waals surface area contributed by atoms with Crippen LogP contribution in [0.2, 0.25) is 0 Å². The third-order valence-electron chi connectivity index (χ3n) is 5.73. The highest BCUT2D eigenvalue weighted by Gasteiger charge is 2.25. The number of hydrogen-bond donors (Lipinski definition) is 4. The molecule has 0 amide bonds. The van der Waals surface area contributed by atoms with Gasteiger partial charge in [-0.15, -0.1) is 12.4 Å². The minimum absolute atomic E-state index is 0. The molecule has 9 heteroatoms. The minimum atomic E-state index is -1.29. The maximum Gasteiger partial charge on any atom is 0.335 e. The van der Waals surface area contributed by atoms with Gasteiger partial charge in [0.15, 0.2) is 17.2 Å². The lowest BCUT2D eigenvalue weighted by Crippen LogP contribution is -2.41. The Balaban J connectivity index is 0.000000284. The van der Waals surface area contributed by atoms with E-state index in [0.29, 0.717) is 6.04 Å². The average molecular weight is 519 g/mol. The van der Waals surface area contributed by atoms with Gasteiger partial charge < -0.3 is 25.3 Å². The number of benzene rings is 3. The Morgan fingerprint density at radius 1 is 0.914 bits per heavy atom. The molecule has 0 saturated heterocycles. The Labute approximate surface area is 216 Å². The second-order valence-electron chi connectivity index (χ2n) is 7.89. The highest BCUT2D eigenvalue weighted by molar-refractivity contribution is 7.99. The van der Waals surface area contributed by atoms with E-state index in [1.165, 1.54) is 21.2 Å². The summed E-state index contributed by atoms with van der Waals surface area (Å²) in [5, 5.41) is 35.0. The van der Waals surface area contributed by atoms with Gasteiger partial charge in [0.05, 0.1) is 16.9 Å². The first-order chi connectivity index (χ1) is 16.3. The zero-order valence-electron chi connectivity index (χ0n) is 19.9. The molecule has 0 aromatic heterocycles. The number of aromatic hydroxyl groups is 3. The van der Waals surface area contributed by atoms with Gasteiger partial charge >= 0.3 is 5.97 Å². The van der Waals surface area contributed by atoms with Crippen LogP contribution in [-0.2, 0) is 0 Å². The Hall–Kier alpha value is -3.07. The third-order valence-corrected chi connectivity index (χ3v) is 6.86. The number of rotatable bonds is 6. The van der Waals surface area contributed by atoms with Crippen molar-refractivity contribution in [2.45, 2.75) is 36.6 Å². The van der Waals surface area contributed by atoms with Crippen molar-refractivity contribution in [1.82, 2.24) is 4.90 Å². The summed E-state index contributed by atoms with van der Waals surface area (Å²) in [7, 11) is 0. The van der Waals surface area contributed by atoms with Crippen LogP contribution >= 0.6 is 24.2 Å². The molecule has 35 heavy (non-hydrogen) atoms. The molecule has 0 spiro atoms. The molecule has 0 radical (unpaired) electrons. The predicted octanol–water partition coefficient (Wildman–Crippen LogP) is 5.94. The normalized spacial score (nSPS) is 12.5. The summed E-state index contributed by atoms with van der Waals surface area (Å²) in [6.07, 6.45) is 0. The van der Waals surface area contributed by atoms with Crippen LogP contribution in [0.15, 0.2) is 70.5 Å². The van der Waals surface area contributed by atoms with Gasteiger partial charge in [0.1, 0.15) is 0 Å². The number of phenolic OH excluding ortho intramolecular Hbond substituents is 3. The Kier molecular flexibility index (Phi) is 10.1. The number of carboxylic acid groups (broad SMARTS) is 1. The molecule has 4 N–H and O–H groups in total. The molecule has 0 fully saturated rings. The maximum absolute atomic E-state index is 10.3. The Bertz CT molecular complexity index is 1090. The van der Waals surface area contributed by atoms with Crippen molar-refractivity contribution in [1.29, 1.82) is 0 Å².